The van der Waals surface area contributed by atoms with E-state index in [-0.39, 0.29) is 25.6 Å². The summed E-state index contributed by atoms with van der Waals surface area (Å²) in [4.78, 5) is 24.9. The van der Waals surface area contributed by atoms with Crippen molar-refractivity contribution in [3.63, 3.8) is 0 Å². The average molecular weight is 414 g/mol. The van der Waals surface area contributed by atoms with Crippen LogP contribution in [0.2, 0.25) is 0 Å². The molecule has 0 radical (unpaired) electrons. The molecule has 2 amide bonds. The van der Waals surface area contributed by atoms with Crippen molar-refractivity contribution < 1.29 is 40.7 Å². The van der Waals surface area contributed by atoms with Crippen molar-refractivity contribution in [1.82, 2.24) is 4.90 Å². The summed E-state index contributed by atoms with van der Waals surface area (Å²) in [6.07, 6.45) is -10.2. The van der Waals surface area contributed by atoms with E-state index in [9.17, 15) is 35.9 Å². The maximum Gasteiger partial charge on any atom is 0.416 e. The van der Waals surface area contributed by atoms with E-state index in [0.29, 0.717) is 12.1 Å². The van der Waals surface area contributed by atoms with Crippen LogP contribution < -0.4 is 5.32 Å². The lowest BCUT2D eigenvalue weighted by molar-refractivity contribution is -0.144. The van der Waals surface area contributed by atoms with Gasteiger partial charge in [-0.1, -0.05) is 0 Å². The highest BCUT2D eigenvalue weighted by molar-refractivity contribution is 5.90. The van der Waals surface area contributed by atoms with E-state index < -0.39 is 47.2 Å². The zero-order valence-corrected chi connectivity index (χ0v) is 15.4. The van der Waals surface area contributed by atoms with E-state index in [2.05, 4.69) is 0 Å². The molecule has 0 atom stereocenters. The first kappa shape index (κ1) is 23.6. The third kappa shape index (κ3) is 6.93. The molecule has 0 spiro atoms. The van der Waals surface area contributed by atoms with Gasteiger partial charge in [0.05, 0.1) is 24.2 Å². The fraction of sp³-hybridized carbons (Fsp3) is 0.529. The van der Waals surface area contributed by atoms with Crippen LogP contribution in [-0.4, -0.2) is 36.1 Å². The van der Waals surface area contributed by atoms with Gasteiger partial charge in [-0.3, -0.25) is 4.79 Å². The van der Waals surface area contributed by atoms with Gasteiger partial charge in [0.2, 0.25) is 0 Å². The predicted octanol–water partition coefficient (Wildman–Crippen LogP) is 4.92. The number of carbonyl (C=O) groups is 2. The lowest BCUT2D eigenvalue weighted by Gasteiger charge is -2.27. The van der Waals surface area contributed by atoms with Crippen molar-refractivity contribution in [3.05, 3.63) is 29.3 Å². The number of urea groups is 1. The number of alkyl halides is 6. The van der Waals surface area contributed by atoms with Gasteiger partial charge in [0.1, 0.15) is 0 Å². The standard InChI is InChI=1S/C17H20F6N2O3/c1-4-28-14(26)5-6-25(10(2)3)15(27)24-13-8-11(16(18,19)20)7-12(9-13)17(21,22)23/h7-10H,4-6H2,1-3H3,(H,24,27). The summed E-state index contributed by atoms with van der Waals surface area (Å²) in [5.41, 5.74) is -3.74. The number of anilines is 1. The molecular formula is C17H20F6N2O3. The van der Waals surface area contributed by atoms with Crippen LogP contribution in [0.1, 0.15) is 38.3 Å². The Bertz CT molecular complexity index is 669. The molecule has 0 aliphatic heterocycles. The molecule has 0 heterocycles. The van der Waals surface area contributed by atoms with Crippen molar-refractivity contribution in [2.24, 2.45) is 0 Å². The van der Waals surface area contributed by atoms with E-state index in [1.54, 1.807) is 20.8 Å². The highest BCUT2D eigenvalue weighted by Crippen LogP contribution is 2.37. The minimum Gasteiger partial charge on any atom is -0.466 e. The summed E-state index contributed by atoms with van der Waals surface area (Å²) in [7, 11) is 0. The molecule has 11 heteroatoms. The second-order valence-electron chi connectivity index (χ2n) is 6.07. The zero-order valence-electron chi connectivity index (χ0n) is 15.4. The Morgan fingerprint density at radius 2 is 1.54 bits per heavy atom. The van der Waals surface area contributed by atoms with Gasteiger partial charge in [0.25, 0.3) is 0 Å². The first-order chi connectivity index (χ1) is 12.8. The quantitative estimate of drug-likeness (QED) is 0.531. The molecule has 0 fully saturated rings. The van der Waals surface area contributed by atoms with Crippen LogP contribution in [0, 0.1) is 0 Å². The lowest BCUT2D eigenvalue weighted by atomic mass is 10.1. The third-order valence-electron chi connectivity index (χ3n) is 3.59. The number of rotatable bonds is 6. The molecule has 0 aliphatic carbocycles. The van der Waals surface area contributed by atoms with Crippen LogP contribution in [0.25, 0.3) is 0 Å². The molecule has 158 valence electrons. The molecule has 0 bridgehead atoms. The van der Waals surface area contributed by atoms with E-state index >= 15 is 0 Å². The predicted molar refractivity (Wildman–Crippen MR) is 88.6 cm³/mol. The molecule has 0 unspecified atom stereocenters. The SMILES string of the molecule is CCOC(=O)CCN(C(=O)Nc1cc(C(F)(F)F)cc(C(F)(F)F)c1)C(C)C. The number of halogens is 6. The Morgan fingerprint density at radius 3 is 1.93 bits per heavy atom. The number of nitrogens with one attached hydrogen (secondary N) is 1. The highest BCUT2D eigenvalue weighted by Gasteiger charge is 2.37. The van der Waals surface area contributed by atoms with Crippen LogP contribution in [0.4, 0.5) is 36.8 Å². The van der Waals surface area contributed by atoms with Gasteiger partial charge in [0, 0.05) is 18.3 Å². The summed E-state index contributed by atoms with van der Waals surface area (Å²) in [5, 5.41) is 2.04. The van der Waals surface area contributed by atoms with Gasteiger partial charge in [-0.2, -0.15) is 26.3 Å². The van der Waals surface area contributed by atoms with Crippen molar-refractivity contribution in [1.29, 1.82) is 0 Å². The van der Waals surface area contributed by atoms with Gasteiger partial charge in [-0.15, -0.1) is 0 Å². The first-order valence-corrected chi connectivity index (χ1v) is 8.28. The molecule has 0 saturated heterocycles. The molecule has 1 N–H and O–H groups in total. The van der Waals surface area contributed by atoms with Crippen LogP contribution in [0.5, 0.6) is 0 Å². The second kappa shape index (κ2) is 9.16. The van der Waals surface area contributed by atoms with Gasteiger partial charge < -0.3 is 15.0 Å². The number of nitrogens with zero attached hydrogens (tertiary/aromatic N) is 1. The number of hydrogen-bond acceptors (Lipinski definition) is 3. The van der Waals surface area contributed by atoms with Gasteiger partial charge in [0.15, 0.2) is 0 Å². The van der Waals surface area contributed by atoms with Crippen molar-refractivity contribution >= 4 is 17.7 Å². The van der Waals surface area contributed by atoms with E-state index in [0.717, 1.165) is 4.90 Å². The molecule has 1 aromatic rings. The second-order valence-corrected chi connectivity index (χ2v) is 6.07. The van der Waals surface area contributed by atoms with E-state index in [4.69, 9.17) is 4.74 Å². The maximum atomic E-state index is 12.9. The molecule has 0 aliphatic rings. The Kier molecular flexibility index (Phi) is 7.71. The fourth-order valence-electron chi connectivity index (χ4n) is 2.26. The van der Waals surface area contributed by atoms with Gasteiger partial charge >= 0.3 is 24.4 Å². The van der Waals surface area contributed by atoms with Crippen LogP contribution >= 0.6 is 0 Å². The van der Waals surface area contributed by atoms with Crippen molar-refractivity contribution in [2.75, 3.05) is 18.5 Å². The number of hydrogen-bond donors (Lipinski definition) is 1. The van der Waals surface area contributed by atoms with Crippen LogP contribution in [0.3, 0.4) is 0 Å². The Morgan fingerprint density at radius 1 is 1.04 bits per heavy atom. The Hall–Kier alpha value is -2.46. The monoisotopic (exact) mass is 414 g/mol. The zero-order chi connectivity index (χ0) is 21.7. The topological polar surface area (TPSA) is 58.6 Å². The largest absolute Gasteiger partial charge is 0.466 e. The number of amides is 2. The molecule has 1 aromatic carbocycles. The Labute approximate surface area is 157 Å². The molecular weight excluding hydrogens is 394 g/mol. The number of ether oxygens (including phenoxy) is 1. The number of carbonyl (C=O) groups excluding carboxylic acids is 2. The van der Waals surface area contributed by atoms with Crippen LogP contribution in [-0.2, 0) is 21.9 Å². The molecule has 5 nitrogen and oxygen atoms in total. The lowest BCUT2D eigenvalue weighted by Crippen LogP contribution is -2.41. The fourth-order valence-corrected chi connectivity index (χ4v) is 2.26. The van der Waals surface area contributed by atoms with Gasteiger partial charge in [-0.05, 0) is 39.0 Å². The maximum absolute atomic E-state index is 12.9. The Balaban J connectivity index is 3.08. The molecule has 28 heavy (non-hydrogen) atoms. The summed E-state index contributed by atoms with van der Waals surface area (Å²) in [6.45, 7) is 4.78. The van der Waals surface area contributed by atoms with Crippen LogP contribution in [0.15, 0.2) is 18.2 Å². The average Bonchev–Trinajstić information content (AvgIpc) is 2.53. The summed E-state index contributed by atoms with van der Waals surface area (Å²) in [6, 6.07) is -0.612. The number of esters is 1. The van der Waals surface area contributed by atoms with E-state index in [1.807, 2.05) is 5.32 Å². The molecule has 0 saturated carbocycles. The third-order valence-corrected chi connectivity index (χ3v) is 3.59. The molecule has 0 aromatic heterocycles. The normalized spacial score (nSPS) is 12.1. The minimum absolute atomic E-state index is 0.0311. The minimum atomic E-state index is -5.03. The van der Waals surface area contributed by atoms with E-state index in [1.165, 1.54) is 0 Å². The highest BCUT2D eigenvalue weighted by atomic mass is 19.4. The summed E-state index contributed by atoms with van der Waals surface area (Å²) in [5.74, 6) is -0.584. The first-order valence-electron chi connectivity index (χ1n) is 8.28. The van der Waals surface area contributed by atoms with Gasteiger partial charge in [-0.25, -0.2) is 4.79 Å². The van der Waals surface area contributed by atoms with Crippen molar-refractivity contribution in [2.45, 2.75) is 45.6 Å². The smallest absolute Gasteiger partial charge is 0.416 e. The molecule has 1 rings (SSSR count). The van der Waals surface area contributed by atoms with Crippen molar-refractivity contribution in [3.8, 4) is 0 Å². The number of benzene rings is 1. The summed E-state index contributed by atoms with van der Waals surface area (Å²) < 4.78 is 82.1. The summed E-state index contributed by atoms with van der Waals surface area (Å²) >= 11 is 0.